The highest BCUT2D eigenvalue weighted by atomic mass is 32.2. The van der Waals surface area contributed by atoms with Gasteiger partial charge in [-0.3, -0.25) is 15.1 Å². The second-order valence-corrected chi connectivity index (χ2v) is 6.09. The van der Waals surface area contributed by atoms with Crippen molar-refractivity contribution in [1.82, 2.24) is 9.71 Å². The molecule has 1 atom stereocenters. The highest BCUT2D eigenvalue weighted by Gasteiger charge is 2.19. The average molecular weight is 307 g/mol. The Morgan fingerprint density at radius 3 is 2.24 bits per heavy atom. The van der Waals surface area contributed by atoms with Crippen LogP contribution < -0.4 is 4.72 Å². The zero-order valence-electron chi connectivity index (χ0n) is 11.1. The third-order valence-corrected chi connectivity index (χ3v) is 4.45. The summed E-state index contributed by atoms with van der Waals surface area (Å²) in [5.41, 5.74) is 0.617. The number of aromatic nitrogens is 1. The van der Waals surface area contributed by atoms with E-state index >= 15 is 0 Å². The molecule has 1 aromatic carbocycles. The number of nitrogens with zero attached hydrogens (tertiary/aromatic N) is 2. The lowest BCUT2D eigenvalue weighted by Crippen LogP contribution is -2.26. The molecule has 2 aromatic rings. The standard InChI is InChI=1S/C13H13N3O4S/c1-10(11-6-8-14-9-7-11)15-21(19,20)13-4-2-12(3-5-13)16(17)18/h2-10,15H,1H3/t10-/m1/s1. The molecule has 1 N–H and O–H groups in total. The van der Waals surface area contributed by atoms with Crippen molar-refractivity contribution in [3.63, 3.8) is 0 Å². The summed E-state index contributed by atoms with van der Waals surface area (Å²) in [7, 11) is -3.74. The molecule has 0 bridgehead atoms. The number of rotatable bonds is 5. The van der Waals surface area contributed by atoms with Gasteiger partial charge < -0.3 is 0 Å². The Balaban J connectivity index is 2.20. The summed E-state index contributed by atoms with van der Waals surface area (Å²) in [6, 6.07) is 7.72. The van der Waals surface area contributed by atoms with Crippen molar-refractivity contribution in [2.24, 2.45) is 0 Å². The molecule has 0 amide bonds. The van der Waals surface area contributed by atoms with Gasteiger partial charge in [0.1, 0.15) is 0 Å². The number of benzene rings is 1. The third kappa shape index (κ3) is 3.61. The predicted octanol–water partition coefficient (Wildman–Crippen LogP) is 2.03. The van der Waals surface area contributed by atoms with Crippen LogP contribution in [-0.2, 0) is 10.0 Å². The molecule has 0 saturated carbocycles. The second kappa shape index (κ2) is 5.98. The summed E-state index contributed by atoms with van der Waals surface area (Å²) in [6.45, 7) is 1.71. The van der Waals surface area contributed by atoms with Crippen molar-refractivity contribution in [3.05, 3.63) is 64.5 Å². The molecule has 0 aliphatic rings. The molecular weight excluding hydrogens is 294 g/mol. The molecule has 7 nitrogen and oxygen atoms in total. The molecule has 2 rings (SSSR count). The van der Waals surface area contributed by atoms with Crippen molar-refractivity contribution in [2.75, 3.05) is 0 Å². The van der Waals surface area contributed by atoms with E-state index in [9.17, 15) is 18.5 Å². The summed E-state index contributed by atoms with van der Waals surface area (Å²) in [5, 5.41) is 10.6. The number of nitro groups is 1. The minimum atomic E-state index is -3.74. The van der Waals surface area contributed by atoms with Crippen LogP contribution in [0.1, 0.15) is 18.5 Å². The van der Waals surface area contributed by atoms with Crippen LogP contribution in [0.5, 0.6) is 0 Å². The van der Waals surface area contributed by atoms with Gasteiger partial charge in [0.25, 0.3) is 5.69 Å². The lowest BCUT2D eigenvalue weighted by atomic mass is 10.1. The van der Waals surface area contributed by atoms with Crippen molar-refractivity contribution in [2.45, 2.75) is 17.9 Å². The smallest absolute Gasteiger partial charge is 0.265 e. The molecule has 0 aliphatic heterocycles. The molecule has 110 valence electrons. The largest absolute Gasteiger partial charge is 0.269 e. The van der Waals surface area contributed by atoms with Gasteiger partial charge >= 0.3 is 0 Å². The van der Waals surface area contributed by atoms with Crippen molar-refractivity contribution in [3.8, 4) is 0 Å². The Labute approximate surface area is 121 Å². The molecule has 0 unspecified atom stereocenters. The first-order chi connectivity index (χ1) is 9.90. The lowest BCUT2D eigenvalue weighted by Gasteiger charge is -2.14. The summed E-state index contributed by atoms with van der Waals surface area (Å²) in [5.74, 6) is 0. The molecule has 0 fully saturated rings. The van der Waals surface area contributed by atoms with Gasteiger partial charge in [-0.2, -0.15) is 0 Å². The fourth-order valence-corrected chi connectivity index (χ4v) is 3.00. The van der Waals surface area contributed by atoms with Crippen LogP contribution in [0.4, 0.5) is 5.69 Å². The van der Waals surface area contributed by atoms with E-state index in [2.05, 4.69) is 9.71 Å². The first kappa shape index (κ1) is 15.1. The molecule has 21 heavy (non-hydrogen) atoms. The zero-order chi connectivity index (χ0) is 15.5. The summed E-state index contributed by atoms with van der Waals surface area (Å²) >= 11 is 0. The van der Waals surface area contributed by atoms with E-state index in [1.807, 2.05) is 0 Å². The fraction of sp³-hybridized carbons (Fsp3) is 0.154. The first-order valence-electron chi connectivity index (χ1n) is 6.07. The Morgan fingerprint density at radius 1 is 1.14 bits per heavy atom. The molecule has 1 aromatic heterocycles. The van der Waals surface area contributed by atoms with Gasteiger partial charge in [-0.25, -0.2) is 13.1 Å². The van der Waals surface area contributed by atoms with Crippen LogP contribution in [0, 0.1) is 10.1 Å². The van der Waals surface area contributed by atoms with Crippen LogP contribution in [0.25, 0.3) is 0 Å². The van der Waals surface area contributed by atoms with Crippen LogP contribution in [-0.4, -0.2) is 18.3 Å². The van der Waals surface area contributed by atoms with E-state index in [1.54, 1.807) is 31.5 Å². The van der Waals surface area contributed by atoms with Gasteiger partial charge in [0.05, 0.1) is 9.82 Å². The molecule has 1 heterocycles. The number of sulfonamides is 1. The molecule has 0 aliphatic carbocycles. The SMILES string of the molecule is C[C@@H](NS(=O)(=O)c1ccc([N+](=O)[O-])cc1)c1ccncc1. The molecule has 0 spiro atoms. The normalized spacial score (nSPS) is 12.8. The highest BCUT2D eigenvalue weighted by Crippen LogP contribution is 2.19. The topological polar surface area (TPSA) is 102 Å². The van der Waals surface area contributed by atoms with Gasteiger partial charge in [-0.1, -0.05) is 0 Å². The fourth-order valence-electron chi connectivity index (χ4n) is 1.77. The third-order valence-electron chi connectivity index (χ3n) is 2.90. The lowest BCUT2D eigenvalue weighted by molar-refractivity contribution is -0.384. The van der Waals surface area contributed by atoms with Crippen LogP contribution in [0.3, 0.4) is 0 Å². The quantitative estimate of drug-likeness (QED) is 0.672. The summed E-state index contributed by atoms with van der Waals surface area (Å²) < 4.78 is 26.9. The van der Waals surface area contributed by atoms with Crippen LogP contribution in [0.2, 0.25) is 0 Å². The van der Waals surface area contributed by atoms with Gasteiger partial charge in [0.15, 0.2) is 0 Å². The minimum Gasteiger partial charge on any atom is -0.265 e. The number of hydrogen-bond acceptors (Lipinski definition) is 5. The maximum absolute atomic E-state index is 12.2. The molecule has 0 saturated heterocycles. The second-order valence-electron chi connectivity index (χ2n) is 4.37. The molecule has 8 heteroatoms. The van der Waals surface area contributed by atoms with E-state index in [1.165, 1.54) is 12.1 Å². The maximum atomic E-state index is 12.2. The summed E-state index contributed by atoms with van der Waals surface area (Å²) in [6.07, 6.45) is 3.15. The Morgan fingerprint density at radius 2 is 1.71 bits per heavy atom. The number of hydrogen-bond donors (Lipinski definition) is 1. The van der Waals surface area contributed by atoms with E-state index in [0.29, 0.717) is 0 Å². The van der Waals surface area contributed by atoms with Gasteiger partial charge in [-0.15, -0.1) is 0 Å². The van der Waals surface area contributed by atoms with Crippen LogP contribution >= 0.6 is 0 Å². The Hall–Kier alpha value is -2.32. The Kier molecular flexibility index (Phi) is 4.29. The first-order valence-corrected chi connectivity index (χ1v) is 7.55. The van der Waals surface area contributed by atoms with E-state index in [-0.39, 0.29) is 10.6 Å². The number of pyridine rings is 1. The number of nitro benzene ring substituents is 1. The number of nitrogens with one attached hydrogen (secondary N) is 1. The highest BCUT2D eigenvalue weighted by molar-refractivity contribution is 7.89. The van der Waals surface area contributed by atoms with Crippen molar-refractivity contribution in [1.29, 1.82) is 0 Å². The monoisotopic (exact) mass is 307 g/mol. The Bertz CT molecular complexity index is 730. The van der Waals surface area contributed by atoms with Crippen molar-refractivity contribution >= 4 is 15.7 Å². The van der Waals surface area contributed by atoms with E-state index < -0.39 is 21.0 Å². The molecule has 0 radical (unpaired) electrons. The average Bonchev–Trinajstić information content (AvgIpc) is 2.48. The molecular formula is C13H13N3O4S. The predicted molar refractivity (Wildman–Crippen MR) is 76.1 cm³/mol. The van der Waals surface area contributed by atoms with Gasteiger partial charge in [-0.05, 0) is 36.8 Å². The maximum Gasteiger partial charge on any atom is 0.269 e. The van der Waals surface area contributed by atoms with Crippen molar-refractivity contribution < 1.29 is 13.3 Å². The number of non-ortho nitro benzene ring substituents is 1. The van der Waals surface area contributed by atoms with E-state index in [4.69, 9.17) is 0 Å². The van der Waals surface area contributed by atoms with Gasteiger partial charge in [0, 0.05) is 30.6 Å². The van der Waals surface area contributed by atoms with Gasteiger partial charge in [0.2, 0.25) is 10.0 Å². The van der Waals surface area contributed by atoms with Crippen LogP contribution in [0.15, 0.2) is 53.7 Å². The minimum absolute atomic E-state index is 0.0194. The zero-order valence-corrected chi connectivity index (χ0v) is 11.9. The summed E-state index contributed by atoms with van der Waals surface area (Å²) in [4.78, 5) is 13.8. The van der Waals surface area contributed by atoms with E-state index in [0.717, 1.165) is 17.7 Å².